The zero-order valence-electron chi connectivity index (χ0n) is 16.7. The van der Waals surface area contributed by atoms with Gasteiger partial charge in [-0.1, -0.05) is 57.2 Å². The summed E-state index contributed by atoms with van der Waals surface area (Å²) in [6, 6.07) is 16.0. The molecule has 0 aliphatic carbocycles. The lowest BCUT2D eigenvalue weighted by molar-refractivity contribution is -0.123. The monoisotopic (exact) mass is 369 g/mol. The Labute approximate surface area is 162 Å². The molecule has 27 heavy (non-hydrogen) atoms. The van der Waals surface area contributed by atoms with Crippen molar-refractivity contribution >= 4 is 5.91 Å². The molecule has 2 rings (SSSR count). The van der Waals surface area contributed by atoms with E-state index in [0.717, 1.165) is 42.9 Å². The van der Waals surface area contributed by atoms with E-state index in [0.29, 0.717) is 12.5 Å². The van der Waals surface area contributed by atoms with Gasteiger partial charge in [0.15, 0.2) is 6.61 Å². The molecule has 0 saturated carbocycles. The lowest BCUT2D eigenvalue weighted by atomic mass is 10.0. The van der Waals surface area contributed by atoms with E-state index < -0.39 is 0 Å². The van der Waals surface area contributed by atoms with Crippen molar-refractivity contribution in [3.8, 4) is 11.5 Å². The molecule has 0 heterocycles. The Morgan fingerprint density at radius 2 is 1.70 bits per heavy atom. The second kappa shape index (κ2) is 11.3. The molecule has 4 nitrogen and oxygen atoms in total. The molecule has 1 N–H and O–H groups in total. The fourth-order valence-electron chi connectivity index (χ4n) is 2.85. The van der Waals surface area contributed by atoms with Gasteiger partial charge in [-0.25, -0.2) is 0 Å². The number of nitrogens with one attached hydrogen (secondary N) is 1. The van der Waals surface area contributed by atoms with Crippen LogP contribution in [0.4, 0.5) is 0 Å². The Morgan fingerprint density at radius 1 is 1.00 bits per heavy atom. The van der Waals surface area contributed by atoms with E-state index in [-0.39, 0.29) is 12.5 Å². The fraction of sp³-hybridized carbons (Fsp3) is 0.435. The van der Waals surface area contributed by atoms with Gasteiger partial charge in [0.05, 0.1) is 6.61 Å². The number of carbonyl (C=O) groups excluding carboxylic acids is 1. The van der Waals surface area contributed by atoms with Crippen molar-refractivity contribution in [1.82, 2.24) is 5.32 Å². The van der Waals surface area contributed by atoms with Crippen LogP contribution in [-0.2, 0) is 11.2 Å². The molecule has 1 amide bonds. The predicted octanol–water partition coefficient (Wildman–Crippen LogP) is 4.73. The van der Waals surface area contributed by atoms with Crippen LogP contribution < -0.4 is 14.8 Å². The van der Waals surface area contributed by atoms with Crippen molar-refractivity contribution in [2.75, 3.05) is 19.8 Å². The highest BCUT2D eigenvalue weighted by molar-refractivity contribution is 5.77. The molecule has 0 unspecified atom stereocenters. The molecule has 2 aromatic carbocycles. The summed E-state index contributed by atoms with van der Waals surface area (Å²) >= 11 is 0. The lowest BCUT2D eigenvalue weighted by Crippen LogP contribution is -2.30. The van der Waals surface area contributed by atoms with E-state index in [4.69, 9.17) is 9.47 Å². The van der Waals surface area contributed by atoms with Gasteiger partial charge in [-0.2, -0.15) is 0 Å². The average molecular weight is 370 g/mol. The summed E-state index contributed by atoms with van der Waals surface area (Å²) in [5, 5.41) is 2.93. The molecule has 0 atom stereocenters. The van der Waals surface area contributed by atoms with Crippen LogP contribution in [0.2, 0.25) is 0 Å². The highest BCUT2D eigenvalue weighted by atomic mass is 16.5. The maximum absolute atomic E-state index is 12.1. The van der Waals surface area contributed by atoms with Gasteiger partial charge in [0, 0.05) is 6.54 Å². The van der Waals surface area contributed by atoms with Crippen LogP contribution in [0.1, 0.15) is 50.7 Å². The molecular weight excluding hydrogens is 338 g/mol. The second-order valence-corrected chi connectivity index (χ2v) is 6.89. The van der Waals surface area contributed by atoms with Crippen LogP contribution >= 0.6 is 0 Å². The van der Waals surface area contributed by atoms with Crippen molar-refractivity contribution < 1.29 is 14.3 Å². The van der Waals surface area contributed by atoms with E-state index in [2.05, 4.69) is 32.2 Å². The highest BCUT2D eigenvalue weighted by Gasteiger charge is 2.09. The molecule has 0 saturated heterocycles. The van der Waals surface area contributed by atoms with Crippen LogP contribution in [0.15, 0.2) is 48.5 Å². The molecular formula is C23H31NO3. The van der Waals surface area contributed by atoms with Crippen molar-refractivity contribution in [1.29, 1.82) is 0 Å². The maximum Gasteiger partial charge on any atom is 0.257 e. The number of benzene rings is 2. The summed E-state index contributed by atoms with van der Waals surface area (Å²) in [6.07, 6.45) is 2.72. The maximum atomic E-state index is 12.1. The second-order valence-electron chi connectivity index (χ2n) is 6.89. The summed E-state index contributed by atoms with van der Waals surface area (Å²) < 4.78 is 11.5. The molecule has 0 aliphatic rings. The first-order chi connectivity index (χ1) is 13.1. The molecule has 0 aromatic heterocycles. The molecule has 0 radical (unpaired) electrons. The van der Waals surface area contributed by atoms with Crippen molar-refractivity contribution in [3.63, 3.8) is 0 Å². The van der Waals surface area contributed by atoms with Gasteiger partial charge in [-0.15, -0.1) is 0 Å². The zero-order valence-corrected chi connectivity index (χ0v) is 16.7. The van der Waals surface area contributed by atoms with Gasteiger partial charge in [-0.05, 0) is 48.4 Å². The number of rotatable bonds is 11. The van der Waals surface area contributed by atoms with Gasteiger partial charge in [0.1, 0.15) is 11.5 Å². The fourth-order valence-corrected chi connectivity index (χ4v) is 2.85. The average Bonchev–Trinajstić information content (AvgIpc) is 2.69. The summed E-state index contributed by atoms with van der Waals surface area (Å²) in [6.45, 7) is 7.72. The number of hydrogen-bond donors (Lipinski definition) is 1. The van der Waals surface area contributed by atoms with Crippen LogP contribution in [0.5, 0.6) is 11.5 Å². The van der Waals surface area contributed by atoms with E-state index in [1.165, 1.54) is 5.56 Å². The van der Waals surface area contributed by atoms with Crippen molar-refractivity contribution in [3.05, 3.63) is 59.7 Å². The minimum atomic E-state index is -0.0934. The summed E-state index contributed by atoms with van der Waals surface area (Å²) in [5.74, 6) is 1.99. The first-order valence-corrected chi connectivity index (χ1v) is 9.81. The summed E-state index contributed by atoms with van der Waals surface area (Å²) in [5.41, 5.74) is 2.30. The van der Waals surface area contributed by atoms with Gasteiger partial charge in [0.25, 0.3) is 5.91 Å². The third-order valence-electron chi connectivity index (χ3n) is 4.28. The smallest absolute Gasteiger partial charge is 0.257 e. The van der Waals surface area contributed by atoms with E-state index >= 15 is 0 Å². The summed E-state index contributed by atoms with van der Waals surface area (Å²) in [7, 11) is 0. The third kappa shape index (κ3) is 6.97. The van der Waals surface area contributed by atoms with Crippen molar-refractivity contribution in [2.45, 2.75) is 46.0 Å². The first kappa shape index (κ1) is 20.8. The van der Waals surface area contributed by atoms with Gasteiger partial charge >= 0.3 is 0 Å². The quantitative estimate of drug-likeness (QED) is 0.583. The summed E-state index contributed by atoms with van der Waals surface area (Å²) in [4.78, 5) is 12.1. The Balaban J connectivity index is 1.73. The number of amides is 1. The Bertz CT molecular complexity index is 712. The Kier molecular flexibility index (Phi) is 8.69. The third-order valence-corrected chi connectivity index (χ3v) is 4.28. The number of hydrogen-bond acceptors (Lipinski definition) is 3. The highest BCUT2D eigenvalue weighted by Crippen LogP contribution is 2.25. The van der Waals surface area contributed by atoms with Gasteiger partial charge < -0.3 is 14.8 Å². The SMILES string of the molecule is CCCOc1ccccc1CCCNC(=O)COc1ccccc1C(C)C. The molecule has 0 spiro atoms. The molecule has 0 fully saturated rings. The van der Waals surface area contributed by atoms with E-state index in [1.54, 1.807) is 0 Å². The number of aryl methyl sites for hydroxylation is 1. The van der Waals surface area contributed by atoms with E-state index in [1.807, 2.05) is 42.5 Å². The molecule has 4 heteroatoms. The van der Waals surface area contributed by atoms with Gasteiger partial charge in [-0.3, -0.25) is 4.79 Å². The standard InChI is InChI=1S/C23H31NO3/c1-4-16-26-21-13-7-5-10-19(21)11-9-15-24-23(25)17-27-22-14-8-6-12-20(22)18(2)3/h5-8,10,12-14,18H,4,9,11,15-17H2,1-3H3,(H,24,25). The number of para-hydroxylation sites is 2. The topological polar surface area (TPSA) is 47.6 Å². The Hall–Kier alpha value is -2.49. The van der Waals surface area contributed by atoms with Crippen LogP contribution in [0.3, 0.4) is 0 Å². The zero-order chi connectivity index (χ0) is 19.5. The molecule has 0 bridgehead atoms. The molecule has 146 valence electrons. The molecule has 2 aromatic rings. The van der Waals surface area contributed by atoms with Crippen LogP contribution in [0.25, 0.3) is 0 Å². The normalized spacial score (nSPS) is 10.7. The predicted molar refractivity (Wildman–Crippen MR) is 110 cm³/mol. The number of ether oxygens (including phenoxy) is 2. The first-order valence-electron chi connectivity index (χ1n) is 9.81. The van der Waals surface area contributed by atoms with E-state index in [9.17, 15) is 4.79 Å². The Morgan fingerprint density at radius 3 is 2.44 bits per heavy atom. The minimum absolute atomic E-state index is 0.0416. The van der Waals surface area contributed by atoms with Crippen molar-refractivity contribution in [2.24, 2.45) is 0 Å². The van der Waals surface area contributed by atoms with Crippen LogP contribution in [0, 0.1) is 0 Å². The van der Waals surface area contributed by atoms with Gasteiger partial charge in [0.2, 0.25) is 0 Å². The number of carbonyl (C=O) groups is 1. The lowest BCUT2D eigenvalue weighted by Gasteiger charge is -2.14. The molecule has 0 aliphatic heterocycles. The van der Waals surface area contributed by atoms with Crippen LogP contribution in [-0.4, -0.2) is 25.7 Å². The minimum Gasteiger partial charge on any atom is -0.493 e. The largest absolute Gasteiger partial charge is 0.493 e.